The number of aromatic hydroxyl groups is 1. The maximum absolute atomic E-state index is 12.8. The Labute approximate surface area is 218 Å². The molecule has 0 bridgehead atoms. The number of carbonyl (C=O) groups excluding carboxylic acids is 2. The third kappa shape index (κ3) is 5.57. The van der Waals surface area contributed by atoms with Gasteiger partial charge >= 0.3 is 5.97 Å². The molecule has 0 fully saturated rings. The number of phenols is 1. The van der Waals surface area contributed by atoms with Crippen LogP contribution in [0.25, 0.3) is 33.4 Å². The second kappa shape index (κ2) is 11.3. The molecule has 0 saturated heterocycles. The van der Waals surface area contributed by atoms with Crippen molar-refractivity contribution in [2.24, 2.45) is 0 Å². The summed E-state index contributed by atoms with van der Waals surface area (Å²) >= 11 is 0. The molecule has 0 saturated carbocycles. The minimum Gasteiger partial charge on any atom is -0.508 e. The highest BCUT2D eigenvalue weighted by Crippen LogP contribution is 2.42. The molecule has 9 nitrogen and oxygen atoms in total. The lowest BCUT2D eigenvalue weighted by molar-refractivity contribution is -0.119. The molecule has 1 atom stereocenters. The minimum absolute atomic E-state index is 0.0434. The molecule has 2 aliphatic rings. The van der Waals surface area contributed by atoms with Crippen LogP contribution in [0.3, 0.4) is 0 Å². The van der Waals surface area contributed by atoms with Crippen LogP contribution in [0.4, 0.5) is 0 Å². The molecule has 38 heavy (non-hydrogen) atoms. The van der Waals surface area contributed by atoms with E-state index in [9.17, 15) is 29.4 Å². The second-order valence-corrected chi connectivity index (χ2v) is 9.08. The van der Waals surface area contributed by atoms with E-state index in [1.807, 2.05) is 0 Å². The summed E-state index contributed by atoms with van der Waals surface area (Å²) in [7, 11) is 1.73. The molecule has 4 N–H and O–H groups in total. The summed E-state index contributed by atoms with van der Waals surface area (Å²) in [5.41, 5.74) is 1.47. The van der Waals surface area contributed by atoms with E-state index in [0.29, 0.717) is 41.5 Å². The lowest BCUT2D eigenvalue weighted by Crippen LogP contribution is -2.32. The standard InChI is InChI=1S/C29H28N2O7/c1-16(32)24(30-2)5-3-4-12-31-28(35)17-6-9-20(23(13-17)29(36)37)27-21-10-7-18(33)14-25(21)38-26-15-19(34)8-11-22(26)27/h6-11,13-15,24,30,33H,3-5,12H2,1-2H3,(H,31,35)(H,36,37)/t24-/m0/s1. The van der Waals surface area contributed by atoms with Gasteiger partial charge in [0.25, 0.3) is 5.91 Å². The first-order chi connectivity index (χ1) is 18.2. The molecule has 196 valence electrons. The SMILES string of the molecule is CN[C@@H](CCCCNC(=O)c1ccc(-c2c3ccc(=O)cc-3oc3cc(O)ccc23)c(C(=O)O)c1)C(C)=O. The summed E-state index contributed by atoms with van der Waals surface area (Å²) in [6.07, 6.45) is 2.07. The first-order valence-electron chi connectivity index (χ1n) is 12.2. The van der Waals surface area contributed by atoms with Crippen LogP contribution in [0.2, 0.25) is 0 Å². The molecule has 1 heterocycles. The number of phenolic OH excluding ortho intramolecular Hbond substituents is 1. The number of carboxylic acid groups (broad SMARTS) is 1. The van der Waals surface area contributed by atoms with E-state index in [4.69, 9.17) is 4.42 Å². The predicted molar refractivity (Wildman–Crippen MR) is 143 cm³/mol. The summed E-state index contributed by atoms with van der Waals surface area (Å²) in [5.74, 6) is -1.37. The van der Waals surface area contributed by atoms with Crippen LogP contribution in [0.15, 0.2) is 63.8 Å². The number of benzene rings is 3. The monoisotopic (exact) mass is 516 g/mol. The van der Waals surface area contributed by atoms with Crippen LogP contribution in [0.5, 0.6) is 5.75 Å². The molecule has 2 aromatic rings. The number of aromatic carboxylic acids is 1. The second-order valence-electron chi connectivity index (χ2n) is 9.08. The van der Waals surface area contributed by atoms with Crippen molar-refractivity contribution < 1.29 is 29.0 Å². The Morgan fingerprint density at radius 1 is 0.974 bits per heavy atom. The van der Waals surface area contributed by atoms with Gasteiger partial charge in [-0.1, -0.05) is 6.07 Å². The van der Waals surface area contributed by atoms with Crippen molar-refractivity contribution in [2.45, 2.75) is 32.2 Å². The zero-order valence-corrected chi connectivity index (χ0v) is 21.0. The van der Waals surface area contributed by atoms with Crippen molar-refractivity contribution in [3.8, 4) is 28.2 Å². The zero-order valence-electron chi connectivity index (χ0n) is 21.0. The maximum Gasteiger partial charge on any atom is 0.336 e. The van der Waals surface area contributed by atoms with Crippen molar-refractivity contribution in [3.05, 3.63) is 75.9 Å². The van der Waals surface area contributed by atoms with E-state index in [1.165, 1.54) is 37.3 Å². The van der Waals surface area contributed by atoms with Gasteiger partial charge in [-0.05, 0) is 75.2 Å². The first kappa shape index (κ1) is 26.6. The van der Waals surface area contributed by atoms with Gasteiger partial charge in [0, 0.05) is 40.8 Å². The summed E-state index contributed by atoms with van der Waals surface area (Å²) < 4.78 is 5.84. The van der Waals surface area contributed by atoms with Crippen LogP contribution >= 0.6 is 0 Å². The summed E-state index contributed by atoms with van der Waals surface area (Å²) in [6.45, 7) is 1.92. The smallest absolute Gasteiger partial charge is 0.336 e. The fraction of sp³-hybridized carbons (Fsp3) is 0.241. The number of hydrogen-bond donors (Lipinski definition) is 4. The van der Waals surface area contributed by atoms with Crippen LogP contribution in [-0.4, -0.2) is 47.5 Å². The Balaban J connectivity index is 1.65. The number of fused-ring (bicyclic) bond motifs is 2. The number of amides is 1. The van der Waals surface area contributed by atoms with E-state index >= 15 is 0 Å². The molecular weight excluding hydrogens is 488 g/mol. The molecule has 4 rings (SSSR count). The number of nitrogens with one attached hydrogen (secondary N) is 2. The van der Waals surface area contributed by atoms with Crippen LogP contribution in [0.1, 0.15) is 46.9 Å². The maximum atomic E-state index is 12.8. The van der Waals surface area contributed by atoms with Gasteiger partial charge in [-0.3, -0.25) is 14.4 Å². The molecule has 1 amide bonds. The van der Waals surface area contributed by atoms with E-state index in [2.05, 4.69) is 10.6 Å². The third-order valence-electron chi connectivity index (χ3n) is 6.50. The third-order valence-corrected chi connectivity index (χ3v) is 6.50. The van der Waals surface area contributed by atoms with Crippen molar-refractivity contribution in [1.29, 1.82) is 0 Å². The van der Waals surface area contributed by atoms with Gasteiger partial charge in [-0.25, -0.2) is 4.79 Å². The average Bonchev–Trinajstić information content (AvgIpc) is 2.88. The van der Waals surface area contributed by atoms with Crippen molar-refractivity contribution in [3.63, 3.8) is 0 Å². The van der Waals surface area contributed by atoms with Gasteiger partial charge in [0.1, 0.15) is 22.9 Å². The Hall–Kier alpha value is -4.50. The van der Waals surface area contributed by atoms with E-state index in [1.54, 1.807) is 31.3 Å². The predicted octanol–water partition coefficient (Wildman–Crippen LogP) is 4.05. The minimum atomic E-state index is -1.22. The number of ketones is 1. The highest BCUT2D eigenvalue weighted by Gasteiger charge is 2.23. The number of carbonyl (C=O) groups is 3. The Morgan fingerprint density at radius 3 is 2.45 bits per heavy atom. The van der Waals surface area contributed by atoms with E-state index < -0.39 is 11.9 Å². The number of unbranched alkanes of at least 4 members (excludes halogenated alkanes) is 1. The molecule has 0 unspecified atom stereocenters. The fourth-order valence-corrected chi connectivity index (χ4v) is 4.56. The van der Waals surface area contributed by atoms with Gasteiger partial charge in [0.05, 0.1) is 11.6 Å². The number of Topliss-reactive ketones (excluding diaryl/α,β-unsaturated/α-hetero) is 1. The van der Waals surface area contributed by atoms with E-state index in [-0.39, 0.29) is 45.5 Å². The highest BCUT2D eigenvalue weighted by atomic mass is 16.4. The molecule has 1 aliphatic carbocycles. The average molecular weight is 517 g/mol. The Kier molecular flexibility index (Phi) is 7.87. The van der Waals surface area contributed by atoms with E-state index in [0.717, 1.165) is 6.42 Å². The highest BCUT2D eigenvalue weighted by molar-refractivity contribution is 6.09. The van der Waals surface area contributed by atoms with Crippen LogP contribution in [0, 0.1) is 0 Å². The van der Waals surface area contributed by atoms with Gasteiger partial charge < -0.3 is 25.3 Å². The number of rotatable bonds is 10. The van der Waals surface area contributed by atoms with Gasteiger partial charge in [-0.15, -0.1) is 0 Å². The number of hydrogen-bond acceptors (Lipinski definition) is 7. The lowest BCUT2D eigenvalue weighted by Gasteiger charge is -2.17. The molecule has 2 aromatic carbocycles. The quantitative estimate of drug-likeness (QED) is 0.182. The van der Waals surface area contributed by atoms with Gasteiger partial charge in [0.2, 0.25) is 0 Å². The fourth-order valence-electron chi connectivity index (χ4n) is 4.56. The normalized spacial score (nSPS) is 11.9. The molecular formula is C29H28N2O7. The van der Waals surface area contributed by atoms with Gasteiger partial charge in [-0.2, -0.15) is 0 Å². The number of likely N-dealkylation sites (N-methyl/N-ethyl adjacent to an activating group) is 1. The lowest BCUT2D eigenvalue weighted by atomic mass is 9.90. The molecule has 9 heteroatoms. The Bertz CT molecular complexity index is 1560. The first-order valence-corrected chi connectivity index (χ1v) is 12.2. The van der Waals surface area contributed by atoms with Crippen LogP contribution in [-0.2, 0) is 4.79 Å². The van der Waals surface area contributed by atoms with Gasteiger partial charge in [0.15, 0.2) is 5.43 Å². The molecule has 0 radical (unpaired) electrons. The summed E-state index contributed by atoms with van der Waals surface area (Å²) in [5, 5.41) is 26.3. The topological polar surface area (TPSA) is 146 Å². The van der Waals surface area contributed by atoms with Crippen molar-refractivity contribution in [2.75, 3.05) is 13.6 Å². The zero-order chi connectivity index (χ0) is 27.4. The number of carboxylic acids is 1. The van der Waals surface area contributed by atoms with Crippen molar-refractivity contribution in [1.82, 2.24) is 10.6 Å². The molecule has 1 aliphatic heterocycles. The molecule has 0 aromatic heterocycles. The van der Waals surface area contributed by atoms with Crippen LogP contribution < -0.4 is 16.1 Å². The van der Waals surface area contributed by atoms with Crippen molar-refractivity contribution >= 4 is 28.6 Å². The summed E-state index contributed by atoms with van der Waals surface area (Å²) in [4.78, 5) is 48.6. The summed E-state index contributed by atoms with van der Waals surface area (Å²) in [6, 6.07) is 12.9. The largest absolute Gasteiger partial charge is 0.508 e. The Morgan fingerprint density at radius 2 is 1.74 bits per heavy atom. The molecule has 0 spiro atoms.